The Kier molecular flexibility index (Phi) is 3.97. The zero-order valence-electron chi connectivity index (χ0n) is 10.3. The van der Waals surface area contributed by atoms with Crippen molar-refractivity contribution in [2.45, 2.75) is 13.0 Å². The van der Waals surface area contributed by atoms with Crippen LogP contribution >= 0.6 is 28.1 Å². The molecule has 2 rings (SSSR count). The molecule has 0 aliphatic carbocycles. The van der Waals surface area contributed by atoms with Gasteiger partial charge < -0.3 is 9.88 Å². The Labute approximate surface area is 115 Å². The van der Waals surface area contributed by atoms with Crippen LogP contribution in [0.2, 0.25) is 0 Å². The van der Waals surface area contributed by atoms with Gasteiger partial charge in [0, 0.05) is 25.3 Å². The van der Waals surface area contributed by atoms with Crippen LogP contribution in [0.25, 0.3) is 0 Å². The van der Waals surface area contributed by atoms with Crippen molar-refractivity contribution in [1.29, 1.82) is 0 Å². The van der Waals surface area contributed by atoms with E-state index in [0.29, 0.717) is 10.7 Å². The molecule has 1 aromatic rings. The van der Waals surface area contributed by atoms with Gasteiger partial charge in [-0.05, 0) is 36.9 Å². The molecule has 94 valence electrons. The molecule has 17 heavy (non-hydrogen) atoms. The molecule has 0 saturated carbocycles. The van der Waals surface area contributed by atoms with Crippen LogP contribution < -0.4 is 0 Å². The lowest BCUT2D eigenvalue weighted by atomic mass is 10.1. The van der Waals surface area contributed by atoms with Gasteiger partial charge >= 0.3 is 0 Å². The minimum absolute atomic E-state index is 0.294. The van der Waals surface area contributed by atoms with Crippen molar-refractivity contribution in [2.24, 2.45) is 0 Å². The maximum absolute atomic E-state index is 5.26. The van der Waals surface area contributed by atoms with Gasteiger partial charge in [-0.1, -0.05) is 12.2 Å². The number of nitrogens with zero attached hydrogens (tertiary/aromatic N) is 3. The van der Waals surface area contributed by atoms with E-state index in [4.69, 9.17) is 12.2 Å². The third-order valence-electron chi connectivity index (χ3n) is 3.22. The summed E-state index contributed by atoms with van der Waals surface area (Å²) in [5.41, 5.74) is 1.04. The van der Waals surface area contributed by atoms with E-state index < -0.39 is 0 Å². The number of hydrogen-bond donors (Lipinski definition) is 1. The fraction of sp³-hybridized carbons (Fsp3) is 0.636. The molecule has 0 amide bonds. The van der Waals surface area contributed by atoms with Gasteiger partial charge in [0.25, 0.3) is 0 Å². The van der Waals surface area contributed by atoms with Crippen molar-refractivity contribution in [3.05, 3.63) is 20.6 Å². The first-order chi connectivity index (χ1) is 7.99. The van der Waals surface area contributed by atoms with Crippen LogP contribution in [0.1, 0.15) is 17.6 Å². The van der Waals surface area contributed by atoms with E-state index in [1.807, 2.05) is 6.92 Å². The molecule has 1 unspecified atom stereocenters. The first kappa shape index (κ1) is 13.1. The highest BCUT2D eigenvalue weighted by molar-refractivity contribution is 9.10. The Morgan fingerprint density at radius 1 is 1.41 bits per heavy atom. The van der Waals surface area contributed by atoms with Gasteiger partial charge in [-0.15, -0.1) is 0 Å². The summed E-state index contributed by atoms with van der Waals surface area (Å²) in [5.74, 6) is 0.963. The molecular weight excluding hydrogens is 300 g/mol. The van der Waals surface area contributed by atoms with Crippen molar-refractivity contribution in [3.8, 4) is 0 Å². The molecule has 1 aliphatic heterocycles. The molecular formula is C11H17BrN4S. The van der Waals surface area contributed by atoms with Crippen LogP contribution in [0.3, 0.4) is 0 Å². The first-order valence-corrected chi connectivity index (χ1v) is 6.84. The molecule has 0 aromatic carbocycles. The zero-order chi connectivity index (χ0) is 12.6. The van der Waals surface area contributed by atoms with Gasteiger partial charge in [0.2, 0.25) is 0 Å². The van der Waals surface area contributed by atoms with Crippen LogP contribution in [0.5, 0.6) is 0 Å². The van der Waals surface area contributed by atoms with Gasteiger partial charge in [0.1, 0.15) is 10.5 Å². The lowest BCUT2D eigenvalue weighted by molar-refractivity contribution is 0.109. The van der Waals surface area contributed by atoms with Crippen LogP contribution in [0.15, 0.2) is 4.47 Å². The molecule has 1 N–H and O–H groups in total. The monoisotopic (exact) mass is 316 g/mol. The molecule has 0 spiro atoms. The summed E-state index contributed by atoms with van der Waals surface area (Å²) < 4.78 is 1.53. The highest BCUT2D eigenvalue weighted by Crippen LogP contribution is 2.23. The zero-order valence-corrected chi connectivity index (χ0v) is 12.7. The maximum Gasteiger partial charge on any atom is 0.144 e. The summed E-state index contributed by atoms with van der Waals surface area (Å²) in [6.45, 7) is 5.15. The molecule has 2 heterocycles. The summed E-state index contributed by atoms with van der Waals surface area (Å²) in [6, 6.07) is 0.294. The predicted octanol–water partition coefficient (Wildman–Crippen LogP) is 2.13. The van der Waals surface area contributed by atoms with Crippen molar-refractivity contribution >= 4 is 28.1 Å². The predicted molar refractivity (Wildman–Crippen MR) is 74.7 cm³/mol. The smallest absolute Gasteiger partial charge is 0.144 e. The van der Waals surface area contributed by atoms with Gasteiger partial charge in [-0.2, -0.15) is 0 Å². The Bertz CT molecular complexity index is 473. The molecule has 1 aromatic heterocycles. The highest BCUT2D eigenvalue weighted by atomic mass is 79.9. The van der Waals surface area contributed by atoms with Crippen molar-refractivity contribution < 1.29 is 0 Å². The number of nitrogens with one attached hydrogen (secondary N) is 1. The van der Waals surface area contributed by atoms with Crippen molar-refractivity contribution in [1.82, 2.24) is 19.8 Å². The normalized spacial score (nSPS) is 22.9. The number of likely N-dealkylation sites (N-methyl/N-ethyl adjacent to an activating group) is 2. The van der Waals surface area contributed by atoms with E-state index in [1.54, 1.807) is 0 Å². The molecule has 0 radical (unpaired) electrons. The highest BCUT2D eigenvalue weighted by Gasteiger charge is 2.25. The standard InChI is InChI=1S/C11H17BrN4S/c1-7-9(12)11(17)14-10(13-7)8-6-15(2)4-5-16(8)3/h8H,4-6H2,1-3H3,(H,13,14,17). The van der Waals surface area contributed by atoms with Crippen LogP contribution in [0.4, 0.5) is 0 Å². The Hall–Kier alpha value is -0.300. The number of piperazine rings is 1. The molecule has 1 atom stereocenters. The van der Waals surface area contributed by atoms with Crippen molar-refractivity contribution in [2.75, 3.05) is 33.7 Å². The topological polar surface area (TPSA) is 35.2 Å². The number of aromatic nitrogens is 2. The second-order valence-electron chi connectivity index (χ2n) is 4.62. The fourth-order valence-corrected chi connectivity index (χ4v) is 2.50. The van der Waals surface area contributed by atoms with E-state index in [0.717, 1.165) is 35.6 Å². The van der Waals surface area contributed by atoms with Crippen molar-refractivity contribution in [3.63, 3.8) is 0 Å². The second-order valence-corrected chi connectivity index (χ2v) is 5.80. The number of H-pyrrole nitrogens is 1. The third kappa shape index (κ3) is 2.76. The number of aryl methyl sites for hydroxylation is 1. The Balaban J connectivity index is 2.36. The van der Waals surface area contributed by atoms with E-state index in [2.05, 4.69) is 49.8 Å². The fourth-order valence-electron chi connectivity index (χ4n) is 2.06. The molecule has 4 nitrogen and oxygen atoms in total. The van der Waals surface area contributed by atoms with Gasteiger partial charge in [-0.3, -0.25) is 4.90 Å². The summed E-state index contributed by atoms with van der Waals surface area (Å²) >= 11 is 8.70. The van der Waals surface area contributed by atoms with E-state index >= 15 is 0 Å². The van der Waals surface area contributed by atoms with Gasteiger partial charge in [0.05, 0.1) is 10.5 Å². The van der Waals surface area contributed by atoms with Crippen LogP contribution in [0, 0.1) is 11.6 Å². The minimum atomic E-state index is 0.294. The van der Waals surface area contributed by atoms with Gasteiger partial charge in [-0.25, -0.2) is 4.98 Å². The average Bonchev–Trinajstić information content (AvgIpc) is 2.28. The SMILES string of the molecule is Cc1[nH]c(C2CN(C)CCN2C)nc(=S)c1Br. The number of aromatic amines is 1. The lowest BCUT2D eigenvalue weighted by Crippen LogP contribution is -2.45. The molecule has 1 aliphatic rings. The average molecular weight is 317 g/mol. The maximum atomic E-state index is 5.26. The van der Waals surface area contributed by atoms with E-state index in [-0.39, 0.29) is 0 Å². The Morgan fingerprint density at radius 3 is 2.76 bits per heavy atom. The summed E-state index contributed by atoms with van der Waals surface area (Å²) in [6.07, 6.45) is 0. The Morgan fingerprint density at radius 2 is 2.12 bits per heavy atom. The molecule has 1 saturated heterocycles. The molecule has 6 heteroatoms. The largest absolute Gasteiger partial charge is 0.345 e. The number of hydrogen-bond acceptors (Lipinski definition) is 4. The van der Waals surface area contributed by atoms with Crippen LogP contribution in [-0.2, 0) is 0 Å². The van der Waals surface area contributed by atoms with Gasteiger partial charge in [0.15, 0.2) is 0 Å². The number of halogens is 1. The summed E-state index contributed by atoms with van der Waals surface area (Å²) in [4.78, 5) is 12.5. The third-order valence-corrected chi connectivity index (χ3v) is 4.75. The van der Waals surface area contributed by atoms with Crippen LogP contribution in [-0.4, -0.2) is 53.5 Å². The molecule has 0 bridgehead atoms. The lowest BCUT2D eigenvalue weighted by Gasteiger charge is -2.37. The quantitative estimate of drug-likeness (QED) is 0.805. The first-order valence-electron chi connectivity index (χ1n) is 5.64. The summed E-state index contributed by atoms with van der Waals surface area (Å²) in [5, 5.41) is 0. The second kappa shape index (κ2) is 5.14. The number of rotatable bonds is 1. The molecule has 1 fully saturated rings. The summed E-state index contributed by atoms with van der Waals surface area (Å²) in [7, 11) is 4.27. The van der Waals surface area contributed by atoms with E-state index in [9.17, 15) is 0 Å². The van der Waals surface area contributed by atoms with E-state index in [1.165, 1.54) is 0 Å². The minimum Gasteiger partial charge on any atom is -0.345 e.